The summed E-state index contributed by atoms with van der Waals surface area (Å²) in [5, 5.41) is 11.4. The lowest BCUT2D eigenvalue weighted by Gasteiger charge is -2.49. The summed E-state index contributed by atoms with van der Waals surface area (Å²) >= 11 is 0. The lowest BCUT2D eigenvalue weighted by Crippen LogP contribution is -2.54. The molecule has 1 aliphatic heterocycles. The molecule has 0 radical (unpaired) electrons. The number of likely N-dealkylation sites (tertiary alicyclic amines) is 1. The number of amides is 1. The Hall–Kier alpha value is -1.06. The second kappa shape index (κ2) is 4.56. The molecule has 0 N–H and O–H groups in total. The average Bonchev–Trinajstić information content (AvgIpc) is 2.92. The normalized spacial score (nSPS) is 39.0. The fourth-order valence-electron chi connectivity index (χ4n) is 4.29. The van der Waals surface area contributed by atoms with Crippen LogP contribution in [-0.2, 0) is 9.59 Å². The number of aliphatic carboxylic acids is 1. The van der Waals surface area contributed by atoms with Crippen LogP contribution >= 0.6 is 0 Å². The van der Waals surface area contributed by atoms with Gasteiger partial charge in [0.25, 0.3) is 0 Å². The molecule has 4 rings (SSSR count). The minimum Gasteiger partial charge on any atom is -0.550 e. The minimum absolute atomic E-state index is 0.0936. The number of hydrogen-bond donors (Lipinski definition) is 0. The maximum Gasteiger partial charge on any atom is 0.226 e. The van der Waals surface area contributed by atoms with E-state index in [1.807, 2.05) is 4.90 Å². The molecule has 0 aromatic carbocycles. The third-order valence-electron chi connectivity index (χ3n) is 5.19. The fraction of sp³-hybridized carbons (Fsp3) is 0.857. The highest BCUT2D eigenvalue weighted by Crippen LogP contribution is 2.49. The van der Waals surface area contributed by atoms with E-state index in [0.717, 1.165) is 51.6 Å². The number of rotatable bonds is 2. The molecule has 4 aliphatic rings. The van der Waals surface area contributed by atoms with E-state index in [2.05, 4.69) is 0 Å². The Bertz CT molecular complexity index is 354. The van der Waals surface area contributed by atoms with Crippen molar-refractivity contribution < 1.29 is 14.7 Å². The second-order valence-electron chi connectivity index (χ2n) is 6.08. The molecule has 1 saturated heterocycles. The van der Waals surface area contributed by atoms with Gasteiger partial charge in [-0.1, -0.05) is 0 Å². The molecule has 3 aliphatic carbocycles. The summed E-state index contributed by atoms with van der Waals surface area (Å²) in [6.07, 6.45) is 6.10. The molecule has 2 atom stereocenters. The van der Waals surface area contributed by atoms with Crippen molar-refractivity contribution in [2.45, 2.75) is 38.5 Å². The summed E-state index contributed by atoms with van der Waals surface area (Å²) in [5.74, 6) is -1.26. The molecule has 2 bridgehead atoms. The molecule has 100 valence electrons. The van der Waals surface area contributed by atoms with Crippen LogP contribution < -0.4 is 5.11 Å². The van der Waals surface area contributed by atoms with Crippen LogP contribution in [0.4, 0.5) is 0 Å². The van der Waals surface area contributed by atoms with Crippen LogP contribution in [0.1, 0.15) is 38.5 Å². The van der Waals surface area contributed by atoms with Gasteiger partial charge in [0, 0.05) is 30.9 Å². The number of carbonyl (C=O) groups is 2. The van der Waals surface area contributed by atoms with Gasteiger partial charge in [-0.05, 0) is 50.4 Å². The highest BCUT2D eigenvalue weighted by molar-refractivity contribution is 5.85. The number of carboxylic acid groups (broad SMARTS) is 1. The summed E-state index contributed by atoms with van der Waals surface area (Å²) in [4.78, 5) is 25.8. The zero-order valence-electron chi connectivity index (χ0n) is 10.6. The lowest BCUT2D eigenvalue weighted by atomic mass is 9.58. The first-order valence-electron chi connectivity index (χ1n) is 7.18. The Kier molecular flexibility index (Phi) is 3.04. The molecule has 18 heavy (non-hydrogen) atoms. The van der Waals surface area contributed by atoms with Crippen molar-refractivity contribution in [3.8, 4) is 0 Å². The van der Waals surface area contributed by atoms with Crippen LogP contribution in [0.2, 0.25) is 0 Å². The van der Waals surface area contributed by atoms with Crippen molar-refractivity contribution in [1.29, 1.82) is 0 Å². The number of carbonyl (C=O) groups excluding carboxylic acids is 2. The minimum atomic E-state index is -0.998. The Morgan fingerprint density at radius 1 is 0.889 bits per heavy atom. The van der Waals surface area contributed by atoms with Gasteiger partial charge < -0.3 is 14.8 Å². The smallest absolute Gasteiger partial charge is 0.226 e. The van der Waals surface area contributed by atoms with E-state index in [0.29, 0.717) is 0 Å². The van der Waals surface area contributed by atoms with Crippen LogP contribution in [-0.4, -0.2) is 29.9 Å². The quantitative estimate of drug-likeness (QED) is 0.713. The number of fused-ring (bicyclic) bond motifs is 3. The molecule has 0 unspecified atom stereocenters. The SMILES string of the molecule is O=C([O-])[C@@H]1C2CCC(CC2)[C@@H]1C(=O)N1CCCC1. The maximum atomic E-state index is 12.5. The van der Waals surface area contributed by atoms with Gasteiger partial charge in [0.05, 0.1) is 0 Å². The topological polar surface area (TPSA) is 60.4 Å². The average molecular weight is 250 g/mol. The first-order chi connectivity index (χ1) is 8.68. The zero-order chi connectivity index (χ0) is 12.7. The Morgan fingerprint density at radius 2 is 1.39 bits per heavy atom. The number of nitrogens with zero attached hydrogens (tertiary/aromatic N) is 1. The molecule has 4 heteroatoms. The summed E-state index contributed by atoms with van der Waals surface area (Å²) in [5.41, 5.74) is 0. The van der Waals surface area contributed by atoms with Gasteiger partial charge in [-0.25, -0.2) is 0 Å². The van der Waals surface area contributed by atoms with Crippen LogP contribution in [0.3, 0.4) is 0 Å². The van der Waals surface area contributed by atoms with Gasteiger partial charge in [0.2, 0.25) is 5.91 Å². The monoisotopic (exact) mass is 250 g/mol. The largest absolute Gasteiger partial charge is 0.550 e. The van der Waals surface area contributed by atoms with Gasteiger partial charge >= 0.3 is 0 Å². The van der Waals surface area contributed by atoms with Crippen LogP contribution in [0.25, 0.3) is 0 Å². The summed E-state index contributed by atoms with van der Waals surface area (Å²) in [6.45, 7) is 1.62. The Balaban J connectivity index is 1.83. The van der Waals surface area contributed by atoms with Crippen LogP contribution in [0.5, 0.6) is 0 Å². The molecule has 0 aromatic rings. The predicted molar refractivity (Wildman–Crippen MR) is 63.2 cm³/mol. The van der Waals surface area contributed by atoms with Crippen LogP contribution in [0, 0.1) is 23.7 Å². The molecule has 0 aromatic heterocycles. The van der Waals surface area contributed by atoms with E-state index >= 15 is 0 Å². The molecule has 1 heterocycles. The fourth-order valence-corrected chi connectivity index (χ4v) is 4.29. The summed E-state index contributed by atoms with van der Waals surface area (Å²) < 4.78 is 0. The van der Waals surface area contributed by atoms with E-state index < -0.39 is 11.9 Å². The molecule has 4 nitrogen and oxygen atoms in total. The summed E-state index contributed by atoms with van der Waals surface area (Å²) in [6, 6.07) is 0. The van der Waals surface area contributed by atoms with Gasteiger partial charge in [-0.2, -0.15) is 0 Å². The molecular weight excluding hydrogens is 230 g/mol. The van der Waals surface area contributed by atoms with Gasteiger partial charge in [-0.3, -0.25) is 4.79 Å². The lowest BCUT2D eigenvalue weighted by molar-refractivity contribution is -0.318. The van der Waals surface area contributed by atoms with E-state index in [1.54, 1.807) is 0 Å². The Morgan fingerprint density at radius 3 is 1.89 bits per heavy atom. The molecule has 4 fully saturated rings. The number of carboxylic acids is 1. The van der Waals surface area contributed by atoms with E-state index in [1.165, 1.54) is 0 Å². The molecular formula is C14H20NO3-. The predicted octanol–water partition coefficient (Wildman–Crippen LogP) is 0.411. The zero-order valence-corrected chi connectivity index (χ0v) is 10.6. The van der Waals surface area contributed by atoms with Crippen molar-refractivity contribution in [2.24, 2.45) is 23.7 Å². The van der Waals surface area contributed by atoms with E-state index in [4.69, 9.17) is 0 Å². The third kappa shape index (κ3) is 1.82. The molecule has 1 amide bonds. The third-order valence-corrected chi connectivity index (χ3v) is 5.19. The molecule has 0 spiro atoms. The van der Waals surface area contributed by atoms with Gasteiger partial charge in [-0.15, -0.1) is 0 Å². The maximum absolute atomic E-state index is 12.5. The van der Waals surface area contributed by atoms with Crippen molar-refractivity contribution in [3.05, 3.63) is 0 Å². The van der Waals surface area contributed by atoms with Crippen molar-refractivity contribution in [3.63, 3.8) is 0 Å². The van der Waals surface area contributed by atoms with Crippen molar-refractivity contribution in [2.75, 3.05) is 13.1 Å². The first kappa shape index (κ1) is 12.0. The second-order valence-corrected chi connectivity index (χ2v) is 6.08. The van der Waals surface area contributed by atoms with Gasteiger partial charge in [0.1, 0.15) is 0 Å². The van der Waals surface area contributed by atoms with E-state index in [9.17, 15) is 14.7 Å². The van der Waals surface area contributed by atoms with Crippen molar-refractivity contribution >= 4 is 11.9 Å². The highest BCUT2D eigenvalue weighted by atomic mass is 16.4. The van der Waals surface area contributed by atoms with Crippen LogP contribution in [0.15, 0.2) is 0 Å². The van der Waals surface area contributed by atoms with E-state index in [-0.39, 0.29) is 23.7 Å². The number of hydrogen-bond acceptors (Lipinski definition) is 3. The Labute approximate surface area is 107 Å². The first-order valence-corrected chi connectivity index (χ1v) is 7.18. The van der Waals surface area contributed by atoms with Gasteiger partial charge in [0.15, 0.2) is 0 Å². The summed E-state index contributed by atoms with van der Waals surface area (Å²) in [7, 11) is 0. The standard InChI is InChI=1S/C14H21NO3/c16-13(15-7-1-2-8-15)11-9-3-5-10(6-4-9)12(11)14(17)18/h9-12H,1-8H2,(H,17,18)/p-1/t9?,10?,11-,12+/m0/s1. The van der Waals surface area contributed by atoms with Crippen molar-refractivity contribution in [1.82, 2.24) is 4.90 Å². The molecule has 3 saturated carbocycles. The highest BCUT2D eigenvalue weighted by Gasteiger charge is 2.48.